The molecule has 1 atom stereocenters. The van der Waals surface area contributed by atoms with E-state index in [1.165, 1.54) is 12.7 Å². The summed E-state index contributed by atoms with van der Waals surface area (Å²) < 4.78 is 4.86. The van der Waals surface area contributed by atoms with Crippen molar-refractivity contribution in [3.05, 3.63) is 23.8 Å². The number of carbonyl (C=O) groups excluding carboxylic acids is 1. The minimum Gasteiger partial charge on any atom is -0.468 e. The third-order valence-corrected chi connectivity index (χ3v) is 4.47. The second kappa shape index (κ2) is 6.07. The third-order valence-electron chi connectivity index (χ3n) is 3.50. The van der Waals surface area contributed by atoms with Crippen LogP contribution < -0.4 is 5.32 Å². The van der Waals surface area contributed by atoms with Crippen molar-refractivity contribution in [2.75, 3.05) is 12.9 Å². The molecule has 112 valence electrons. The molecule has 2 aromatic rings. The molecule has 1 aromatic carbocycles. The van der Waals surface area contributed by atoms with Crippen molar-refractivity contribution in [2.45, 2.75) is 37.0 Å². The molecule has 1 unspecified atom stereocenters. The van der Waals surface area contributed by atoms with E-state index >= 15 is 0 Å². The van der Waals surface area contributed by atoms with E-state index in [1.807, 2.05) is 12.1 Å². The molecule has 0 bridgehead atoms. The summed E-state index contributed by atoms with van der Waals surface area (Å²) in [4.78, 5) is 19.6. The van der Waals surface area contributed by atoms with Gasteiger partial charge in [0.05, 0.1) is 18.1 Å². The van der Waals surface area contributed by atoms with Crippen molar-refractivity contribution in [1.29, 1.82) is 0 Å². The van der Waals surface area contributed by atoms with E-state index < -0.39 is 0 Å². The fraction of sp³-hybridized carbons (Fsp3) is 0.467. The first kappa shape index (κ1) is 14.4. The molecule has 21 heavy (non-hydrogen) atoms. The summed E-state index contributed by atoms with van der Waals surface area (Å²) in [7, 11) is 1.43. The summed E-state index contributed by atoms with van der Waals surface area (Å²) in [6.45, 7) is 2.06. The first-order chi connectivity index (χ1) is 10.2. The largest absolute Gasteiger partial charge is 0.468 e. The number of rotatable bonds is 6. The van der Waals surface area contributed by atoms with Gasteiger partial charge in [0.1, 0.15) is 6.04 Å². The smallest absolute Gasteiger partial charge is 0.323 e. The summed E-state index contributed by atoms with van der Waals surface area (Å²) in [6.07, 6.45) is 2.28. The molecule has 1 aliphatic carbocycles. The lowest BCUT2D eigenvalue weighted by molar-refractivity contribution is -0.142. The summed E-state index contributed by atoms with van der Waals surface area (Å²) in [5, 5.41) is 4.15. The minimum absolute atomic E-state index is 0.207. The molecular weight excluding hydrogens is 286 g/mol. The number of fused-ring (bicyclic) bond motifs is 1. The predicted molar refractivity (Wildman–Crippen MR) is 83.5 cm³/mol. The first-order valence-corrected chi connectivity index (χ1v) is 8.07. The van der Waals surface area contributed by atoms with E-state index in [1.54, 1.807) is 11.8 Å². The number of thioether (sulfide) groups is 1. The van der Waals surface area contributed by atoms with E-state index in [4.69, 9.17) is 4.74 Å². The SMILES string of the molecule is COC(=O)C(CSc1nc2ccc(C)cc2[nH]1)NC1CC1. The van der Waals surface area contributed by atoms with Crippen LogP contribution in [0.15, 0.2) is 23.4 Å². The Morgan fingerprint density at radius 1 is 1.57 bits per heavy atom. The number of H-pyrrole nitrogens is 1. The van der Waals surface area contributed by atoms with Gasteiger partial charge in [-0.15, -0.1) is 0 Å². The molecule has 1 saturated carbocycles. The lowest BCUT2D eigenvalue weighted by Gasteiger charge is -2.14. The van der Waals surface area contributed by atoms with Crippen LogP contribution in [0.3, 0.4) is 0 Å². The summed E-state index contributed by atoms with van der Waals surface area (Å²) in [6, 6.07) is 6.32. The number of hydrogen-bond donors (Lipinski definition) is 2. The van der Waals surface area contributed by atoms with E-state index in [0.29, 0.717) is 11.8 Å². The molecule has 0 saturated heterocycles. The maximum atomic E-state index is 11.8. The maximum Gasteiger partial charge on any atom is 0.323 e. The van der Waals surface area contributed by atoms with Crippen molar-refractivity contribution in [2.24, 2.45) is 0 Å². The number of esters is 1. The third kappa shape index (κ3) is 3.57. The highest BCUT2D eigenvalue weighted by atomic mass is 32.2. The molecule has 0 amide bonds. The molecule has 1 fully saturated rings. The summed E-state index contributed by atoms with van der Waals surface area (Å²) >= 11 is 1.54. The van der Waals surface area contributed by atoms with Gasteiger partial charge in [0.25, 0.3) is 0 Å². The number of ether oxygens (including phenoxy) is 1. The number of benzene rings is 1. The van der Waals surface area contributed by atoms with E-state index in [0.717, 1.165) is 29.0 Å². The molecule has 1 aromatic heterocycles. The zero-order chi connectivity index (χ0) is 14.8. The Hall–Kier alpha value is -1.53. The number of methoxy groups -OCH3 is 1. The van der Waals surface area contributed by atoms with E-state index in [-0.39, 0.29) is 12.0 Å². The monoisotopic (exact) mass is 305 g/mol. The molecule has 0 spiro atoms. The van der Waals surface area contributed by atoms with Gasteiger partial charge >= 0.3 is 5.97 Å². The Labute approximate surface area is 127 Å². The topological polar surface area (TPSA) is 67.0 Å². The number of hydrogen-bond acceptors (Lipinski definition) is 5. The second-order valence-corrected chi connectivity index (χ2v) is 6.40. The maximum absolute atomic E-state index is 11.8. The normalized spacial score (nSPS) is 16.1. The van der Waals surface area contributed by atoms with Crippen LogP contribution in [0.2, 0.25) is 0 Å². The van der Waals surface area contributed by atoms with Crippen molar-refractivity contribution in [3.63, 3.8) is 0 Å². The number of aryl methyl sites for hydroxylation is 1. The number of nitrogens with one attached hydrogen (secondary N) is 2. The lowest BCUT2D eigenvalue weighted by Crippen LogP contribution is -2.41. The second-order valence-electron chi connectivity index (χ2n) is 5.39. The molecule has 0 aliphatic heterocycles. The van der Waals surface area contributed by atoms with E-state index in [9.17, 15) is 4.79 Å². The van der Waals surface area contributed by atoms with Gasteiger partial charge in [-0.2, -0.15) is 0 Å². The van der Waals surface area contributed by atoms with Crippen LogP contribution in [0.1, 0.15) is 18.4 Å². The number of imidazole rings is 1. The Morgan fingerprint density at radius 3 is 3.10 bits per heavy atom. The van der Waals surface area contributed by atoms with Gasteiger partial charge in [0.2, 0.25) is 0 Å². The molecule has 2 N–H and O–H groups in total. The van der Waals surface area contributed by atoms with Crippen LogP contribution in [-0.4, -0.2) is 40.9 Å². The van der Waals surface area contributed by atoms with E-state index in [2.05, 4.69) is 28.3 Å². The molecule has 3 rings (SSSR count). The fourth-order valence-corrected chi connectivity index (χ4v) is 3.09. The Morgan fingerprint density at radius 2 is 2.38 bits per heavy atom. The van der Waals surface area contributed by atoms with Gasteiger partial charge in [-0.3, -0.25) is 4.79 Å². The predicted octanol–water partition coefficient (Wildman–Crippen LogP) is 2.26. The van der Waals surface area contributed by atoms with Crippen molar-refractivity contribution < 1.29 is 9.53 Å². The highest BCUT2D eigenvalue weighted by Crippen LogP contribution is 2.23. The van der Waals surface area contributed by atoms with Gasteiger partial charge in [0.15, 0.2) is 5.16 Å². The number of nitrogens with zero attached hydrogens (tertiary/aromatic N) is 1. The first-order valence-electron chi connectivity index (χ1n) is 7.09. The molecule has 0 radical (unpaired) electrons. The lowest BCUT2D eigenvalue weighted by atomic mass is 10.2. The quantitative estimate of drug-likeness (QED) is 0.633. The number of aromatic amines is 1. The van der Waals surface area contributed by atoms with Gasteiger partial charge in [-0.25, -0.2) is 4.98 Å². The summed E-state index contributed by atoms with van der Waals surface area (Å²) in [5.74, 6) is 0.406. The highest BCUT2D eigenvalue weighted by molar-refractivity contribution is 7.99. The summed E-state index contributed by atoms with van der Waals surface area (Å²) in [5.41, 5.74) is 3.18. The Balaban J connectivity index is 1.66. The van der Waals surface area contributed by atoms with Crippen LogP contribution >= 0.6 is 11.8 Å². The molecular formula is C15H19N3O2S. The zero-order valence-electron chi connectivity index (χ0n) is 12.2. The zero-order valence-corrected chi connectivity index (χ0v) is 13.0. The highest BCUT2D eigenvalue weighted by Gasteiger charge is 2.29. The average molecular weight is 305 g/mol. The van der Waals surface area contributed by atoms with Crippen LogP contribution in [0.25, 0.3) is 11.0 Å². The Bertz CT molecular complexity index is 651. The molecule has 1 aliphatic rings. The minimum atomic E-state index is -0.276. The van der Waals surface area contributed by atoms with Crippen LogP contribution in [-0.2, 0) is 9.53 Å². The van der Waals surface area contributed by atoms with Crippen molar-refractivity contribution in [3.8, 4) is 0 Å². The number of carbonyl (C=O) groups is 1. The van der Waals surface area contributed by atoms with Crippen molar-refractivity contribution in [1.82, 2.24) is 15.3 Å². The number of aromatic nitrogens is 2. The van der Waals surface area contributed by atoms with Crippen LogP contribution in [0.5, 0.6) is 0 Å². The molecule has 1 heterocycles. The van der Waals surface area contributed by atoms with Crippen molar-refractivity contribution >= 4 is 28.8 Å². The molecule has 5 nitrogen and oxygen atoms in total. The van der Waals surface area contributed by atoms with Gasteiger partial charge in [0, 0.05) is 11.8 Å². The average Bonchev–Trinajstić information content (AvgIpc) is 3.20. The van der Waals surface area contributed by atoms with Gasteiger partial charge < -0.3 is 15.0 Å². The van der Waals surface area contributed by atoms with Crippen LogP contribution in [0, 0.1) is 6.92 Å². The fourth-order valence-electron chi connectivity index (χ4n) is 2.19. The Kier molecular flexibility index (Phi) is 4.17. The standard InChI is InChI=1S/C15H19N3O2S/c1-9-3-6-11-12(7-9)18-15(17-11)21-8-13(14(19)20-2)16-10-4-5-10/h3,6-7,10,13,16H,4-5,8H2,1-2H3,(H,17,18). The van der Waals surface area contributed by atoms with Gasteiger partial charge in [-0.05, 0) is 37.5 Å². The molecule has 6 heteroatoms. The van der Waals surface area contributed by atoms with Gasteiger partial charge in [-0.1, -0.05) is 17.8 Å². The van der Waals surface area contributed by atoms with Crippen LogP contribution in [0.4, 0.5) is 0 Å².